The first-order valence-corrected chi connectivity index (χ1v) is 38.8. The third-order valence-electron chi connectivity index (χ3n) is 19.6. The van der Waals surface area contributed by atoms with Crippen molar-refractivity contribution in [3.05, 3.63) is 142 Å². The number of β-amino-alcohol motifs (C(OH)–C–C–N with tert-alkyl or cyclic N) is 1. The van der Waals surface area contributed by atoms with Gasteiger partial charge in [0.05, 0.1) is 63.6 Å². The number of allylic oxidation sites excluding steroid dienone is 2. The molecule has 3 aromatic carbocycles. The molecule has 1 fully saturated rings. The van der Waals surface area contributed by atoms with Crippen LogP contribution >= 0.6 is 15.9 Å². The Morgan fingerprint density at radius 3 is 1.78 bits per heavy atom. The normalized spacial score (nSPS) is 28.6. The zero-order valence-corrected chi connectivity index (χ0v) is 67.3. The second-order valence-corrected chi connectivity index (χ2v) is 30.0. The fourth-order valence-electron chi connectivity index (χ4n) is 12.8. The molecule has 1 saturated heterocycles. The maximum Gasteiger partial charge on any atom is 0.326 e. The van der Waals surface area contributed by atoms with Gasteiger partial charge in [-0.3, -0.25) is 67.1 Å². The van der Waals surface area contributed by atoms with Crippen LogP contribution < -0.4 is 84.8 Å². The first kappa shape index (κ1) is 97.3. The number of imidazole rings is 1. The molecule has 7 rings (SSSR count). The summed E-state index contributed by atoms with van der Waals surface area (Å²) in [5, 5.41) is 159. The van der Waals surface area contributed by atoms with Crippen molar-refractivity contribution in [3.63, 3.8) is 0 Å². The lowest BCUT2D eigenvalue weighted by molar-refractivity contribution is -0.913. The van der Waals surface area contributed by atoms with Gasteiger partial charge >= 0.3 is 5.97 Å². The van der Waals surface area contributed by atoms with E-state index in [0.717, 1.165) is 24.0 Å². The van der Waals surface area contributed by atoms with Crippen molar-refractivity contribution in [1.29, 1.82) is 0 Å². The number of nitrogens with zero attached hydrogens (tertiary/aromatic N) is 2. The van der Waals surface area contributed by atoms with Crippen LogP contribution in [0.3, 0.4) is 0 Å². The number of hydrogen-bond acceptors (Lipinski definition) is 28. The summed E-state index contributed by atoms with van der Waals surface area (Å²) in [5.74, 6) is -23.7. The molecule has 3 aliphatic heterocycles. The lowest BCUT2D eigenvalue weighted by Gasteiger charge is -2.38. The number of fused-ring (bicyclic) bond motifs is 2. The van der Waals surface area contributed by atoms with Gasteiger partial charge in [-0.05, 0) is 47.4 Å². The summed E-state index contributed by atoms with van der Waals surface area (Å²) >= 11 is 3.28. The zero-order chi connectivity index (χ0) is 90.1. The molecule has 0 spiro atoms. The van der Waals surface area contributed by atoms with Crippen molar-refractivity contribution in [2.24, 2.45) is 11.5 Å². The van der Waals surface area contributed by atoms with Gasteiger partial charge in [-0.2, -0.15) is 0 Å². The summed E-state index contributed by atoms with van der Waals surface area (Å²) in [6, 6.07) is -1.51. The van der Waals surface area contributed by atoms with Crippen molar-refractivity contribution in [3.8, 4) is 0 Å². The second kappa shape index (κ2) is 45.7. The molecule has 664 valence electrons. The lowest BCUT2D eigenvalue weighted by atomic mass is 9.92. The molecule has 22 atom stereocenters. The number of hydrogen-bond donors (Lipinski definition) is 26. The van der Waals surface area contributed by atoms with E-state index in [9.17, 15) is 124 Å². The molecule has 1 aromatic heterocycles. The largest absolute Gasteiger partial charge is 0.480 e. The van der Waals surface area contributed by atoms with Gasteiger partial charge in [-0.25, -0.2) is 9.36 Å². The number of carboxylic acids is 1. The number of aliphatic carboxylic acids is 1. The summed E-state index contributed by atoms with van der Waals surface area (Å²) in [5.41, 5.74) is 12.2. The summed E-state index contributed by atoms with van der Waals surface area (Å²) in [6.07, 6.45) is -21.8. The molecule has 4 aromatic rings. The summed E-state index contributed by atoms with van der Waals surface area (Å²) in [6.45, 7) is -2.13. The molecule has 28 N–H and O–H groups in total. The van der Waals surface area contributed by atoms with Crippen LogP contribution in [0.2, 0.25) is 0 Å². The van der Waals surface area contributed by atoms with Crippen LogP contribution in [-0.2, 0) is 96.0 Å². The highest BCUT2D eigenvalue weighted by Gasteiger charge is 2.48. The van der Waals surface area contributed by atoms with E-state index < -0.39 is 299 Å². The Balaban J connectivity index is 1.45. The highest BCUT2D eigenvalue weighted by atomic mass is 79.9. The van der Waals surface area contributed by atoms with Crippen LogP contribution in [0.1, 0.15) is 74.8 Å². The minimum absolute atomic E-state index is 0.259. The molecule has 45 nitrogen and oxygen atoms in total. The number of nitrogens with one attached hydrogen (secondary N) is 12. The van der Waals surface area contributed by atoms with Gasteiger partial charge in [0.25, 0.3) is 18.5 Å². The van der Waals surface area contributed by atoms with E-state index >= 15 is 9.59 Å². The van der Waals surface area contributed by atoms with Crippen molar-refractivity contribution in [2.45, 2.75) is 199 Å². The number of benzene rings is 3. The van der Waals surface area contributed by atoms with E-state index in [1.165, 1.54) is 56.3 Å². The first-order valence-electron chi connectivity index (χ1n) is 38.0. The number of nitrogens with two attached hydrogens (primary N) is 2. The number of carbonyl (C=O) groups is 15. The van der Waals surface area contributed by atoms with Crippen LogP contribution in [0.5, 0.6) is 0 Å². The Labute approximate surface area is 702 Å². The molecule has 46 heteroatoms. The van der Waals surface area contributed by atoms with Gasteiger partial charge in [0.1, 0.15) is 104 Å². The van der Waals surface area contributed by atoms with Crippen LogP contribution in [-0.4, -0.2) is 309 Å². The van der Waals surface area contributed by atoms with Crippen molar-refractivity contribution in [2.75, 3.05) is 26.4 Å². The van der Waals surface area contributed by atoms with E-state index in [1.807, 2.05) is 10.6 Å². The summed E-state index contributed by atoms with van der Waals surface area (Å²) in [4.78, 5) is 221. The minimum atomic E-state index is -2.79. The summed E-state index contributed by atoms with van der Waals surface area (Å²) in [7, 11) is 0. The van der Waals surface area contributed by atoms with Crippen LogP contribution in [0, 0.1) is 0 Å². The van der Waals surface area contributed by atoms with E-state index in [0.29, 0.717) is 25.9 Å². The number of aliphatic hydroxyl groups excluding tert-OH is 11. The van der Waals surface area contributed by atoms with Crippen LogP contribution in [0.15, 0.2) is 120 Å². The van der Waals surface area contributed by atoms with Crippen molar-refractivity contribution >= 4 is 111 Å². The number of aromatic nitrogens is 2. The number of carboxylic acid groups (broad SMARTS) is 1. The molecule has 3 aliphatic rings. The molecule has 4 bridgehead atoms. The zero-order valence-electron chi connectivity index (χ0n) is 65.7. The number of ether oxygens (including phenoxy) is 1. The van der Waals surface area contributed by atoms with Gasteiger partial charge in [0.2, 0.25) is 76.8 Å². The number of rotatable bonds is 19. The number of aliphatic hydroxyl groups is 11. The Morgan fingerprint density at radius 1 is 0.598 bits per heavy atom. The molecular formula is C76H100BrN16O29+. The predicted octanol–water partition coefficient (Wildman–Crippen LogP) is -12.1. The monoisotopic (exact) mass is 1780 g/mol. The van der Waals surface area contributed by atoms with Crippen molar-refractivity contribution < 1.29 is 148 Å². The fourth-order valence-corrected chi connectivity index (χ4v) is 13.0. The standard InChI is InChI=1S/C76H99BrN16O29/c1-34(14-15-37-10-6-4-7-11-37)20-51(99)43-26-56(103)82-49(30-94)69(113)87-48-29-92-28-41(93(33-92)122-76-63(107)62(106)60(104)53(32-96)121-76)22-45(66(110)90-58(36(3)97)73(117)88-50(31-95)70(114)84-44(65(109)83-43)21-38-12-8-5-9-13-38)81-55(102)24-42(98)23-47(75(119)120)86-71(115)52(100)27-80-72(116)57(35(2)39-16-18-40(77)19-17-39)89-74(118)59(61(105)64(79)108)91-67(111)46(25-54(78)101)85-68(48)112/h4-20,28,33,35-36,42-53,57-63,76,94-100,104-107H,21-27,29-32H2,1-3H3,(H16-,78,79,80,81,82,83,84,85,86,87,88,89,90,91,101,102,103,108,109,110,111,112,113,114,115,116,117,118,119,120)/p+1/b15-14+,34-20+/t35-,36-,42+,43-,44-,45-,46-,47-,48+,49-,50-,51-,52-,53+,57-,58-,59-,60-,61+,62-,63+,76-/m0/s1. The Kier molecular flexibility index (Phi) is 36.5. The van der Waals surface area contributed by atoms with Crippen molar-refractivity contribution in [1.82, 2.24) is 68.4 Å². The molecule has 4 heterocycles. The molecular weight excluding hydrogens is 1680 g/mol. The Morgan fingerprint density at radius 2 is 1.16 bits per heavy atom. The highest BCUT2D eigenvalue weighted by molar-refractivity contribution is 9.10. The maximum absolute atomic E-state index is 15.4. The van der Waals surface area contributed by atoms with Gasteiger partial charge < -0.3 is 146 Å². The number of amides is 14. The SMILES string of the molecule is CC(/C=C/c1ccccc1)=C\[C@H](O)[C@@H]1CC(=O)N[C@@H](CO)C(=O)N[C@@H]2Cn3cc([n+](O[C@@H]4O[C@H](CO)[C@H](O)[C@H](O)[C@H]4O)c3)C[C@H](NC(=O)C[C@H](O)C[C@@H](C(=O)O)NC(=O)[C@@H](O)CNC(=O)[C@H]([C@@H](C)c3ccc(Br)cc3)NC(=O)[C@H]([C@@H](O)C(N)=O)NC(=O)[C@H](CC(N)=O)NC2=O)C(=O)N[C@@H]([C@H](C)O)C(=O)N[C@@H](CO)C(=O)N[C@@H](Cc2ccccc2)C(=O)N1. The van der Waals surface area contributed by atoms with E-state index in [4.69, 9.17) is 21.0 Å². The predicted molar refractivity (Wildman–Crippen MR) is 419 cm³/mol. The Hall–Kier alpha value is -11.8. The minimum Gasteiger partial charge on any atom is -0.480 e. The molecule has 14 amide bonds. The average molecular weight is 1780 g/mol. The van der Waals surface area contributed by atoms with E-state index in [-0.39, 0.29) is 5.56 Å². The molecule has 0 saturated carbocycles. The Bertz CT molecular complexity index is 4450. The quantitative estimate of drug-likeness (QED) is 0.0306. The van der Waals surface area contributed by atoms with Crippen LogP contribution in [0.4, 0.5) is 0 Å². The molecule has 0 unspecified atom stereocenters. The molecule has 0 radical (unpaired) electrons. The third kappa shape index (κ3) is 28.1. The smallest absolute Gasteiger partial charge is 0.326 e. The topological polar surface area (TPSA) is 722 Å². The maximum atomic E-state index is 15.4. The van der Waals surface area contributed by atoms with Gasteiger partial charge in [0, 0.05) is 36.1 Å². The van der Waals surface area contributed by atoms with Gasteiger partial charge in [0.15, 0.2) is 11.8 Å². The van der Waals surface area contributed by atoms with Crippen LogP contribution in [0.25, 0.3) is 6.08 Å². The van der Waals surface area contributed by atoms with Gasteiger partial charge in [-0.15, -0.1) is 0 Å². The molecule has 0 aliphatic carbocycles. The highest BCUT2D eigenvalue weighted by Crippen LogP contribution is 2.24. The number of carbonyl (C=O) groups excluding carboxylic acids is 14. The first-order chi connectivity index (χ1) is 57.7. The number of primary amides is 2. The third-order valence-corrected chi connectivity index (χ3v) is 20.1. The average Bonchev–Trinajstić information content (AvgIpc) is 1.52. The van der Waals surface area contributed by atoms with E-state index in [2.05, 4.69) is 69.1 Å². The van der Waals surface area contributed by atoms with Gasteiger partial charge in [-0.1, -0.05) is 119 Å². The number of halogens is 1. The van der Waals surface area contributed by atoms with E-state index in [1.54, 1.807) is 60.7 Å². The fraction of sp³-hybridized carbons (Fsp3) is 0.474. The summed E-state index contributed by atoms with van der Waals surface area (Å²) < 4.78 is 7.53. The lowest BCUT2D eigenvalue weighted by Crippen LogP contribution is -2.65. The second-order valence-electron chi connectivity index (χ2n) is 29.1. The molecule has 122 heavy (non-hydrogen) atoms.